The van der Waals surface area contributed by atoms with E-state index in [2.05, 4.69) is 13.8 Å². The largest absolute Gasteiger partial charge is 0.481 e. The third kappa shape index (κ3) is 51.6. The standard InChI is InChI=1S/C10H22.2C4H6O4.H2O/c1-3-5-7-9-10-8-6-4-2;2*5-3(6)1-2-4(7)8;/h3-10H2,1-2H3;2*1-2H2,(H,5,6)(H,7,8);1H2. The summed E-state index contributed by atoms with van der Waals surface area (Å²) >= 11 is 0. The van der Waals surface area contributed by atoms with E-state index in [1.165, 1.54) is 51.4 Å². The first kappa shape index (κ1) is 32.5. The Hall–Kier alpha value is -2.16. The van der Waals surface area contributed by atoms with Crippen LogP contribution in [0.4, 0.5) is 0 Å². The van der Waals surface area contributed by atoms with E-state index in [9.17, 15) is 19.2 Å². The van der Waals surface area contributed by atoms with Crippen molar-refractivity contribution in [2.45, 2.75) is 90.9 Å². The molecule has 0 radical (unpaired) electrons. The first-order valence-corrected chi connectivity index (χ1v) is 9.04. The lowest BCUT2D eigenvalue weighted by atomic mass is 10.1. The minimum atomic E-state index is -1.08. The van der Waals surface area contributed by atoms with E-state index in [-0.39, 0.29) is 31.2 Å². The highest BCUT2D eigenvalue weighted by molar-refractivity contribution is 5.75. The molecule has 0 aliphatic carbocycles. The van der Waals surface area contributed by atoms with Crippen LogP contribution in [0.25, 0.3) is 0 Å². The molecule has 0 saturated carbocycles. The molecular formula is C18H36O9. The average Bonchev–Trinajstić information content (AvgIpc) is 2.55. The van der Waals surface area contributed by atoms with Gasteiger partial charge < -0.3 is 25.9 Å². The van der Waals surface area contributed by atoms with Crippen molar-refractivity contribution in [2.75, 3.05) is 0 Å². The molecule has 0 spiro atoms. The number of unbranched alkanes of at least 4 members (excludes halogenated alkanes) is 7. The van der Waals surface area contributed by atoms with Crippen LogP contribution in [0.3, 0.4) is 0 Å². The van der Waals surface area contributed by atoms with Crippen LogP contribution in [0, 0.1) is 0 Å². The molecule has 0 aromatic rings. The van der Waals surface area contributed by atoms with E-state index < -0.39 is 23.9 Å². The van der Waals surface area contributed by atoms with Crippen molar-refractivity contribution in [3.8, 4) is 0 Å². The van der Waals surface area contributed by atoms with Crippen molar-refractivity contribution in [2.24, 2.45) is 0 Å². The maximum absolute atomic E-state index is 9.64. The molecule has 27 heavy (non-hydrogen) atoms. The molecule has 0 unspecified atom stereocenters. The van der Waals surface area contributed by atoms with Crippen molar-refractivity contribution in [1.82, 2.24) is 0 Å². The highest BCUT2D eigenvalue weighted by Crippen LogP contribution is 2.07. The molecule has 0 atom stereocenters. The number of aliphatic carboxylic acids is 4. The highest BCUT2D eigenvalue weighted by atomic mass is 16.4. The van der Waals surface area contributed by atoms with Gasteiger partial charge in [0.25, 0.3) is 0 Å². The van der Waals surface area contributed by atoms with Crippen molar-refractivity contribution < 1.29 is 45.1 Å². The summed E-state index contributed by atoms with van der Waals surface area (Å²) in [6.07, 6.45) is 10.3. The van der Waals surface area contributed by atoms with Gasteiger partial charge in [-0.2, -0.15) is 0 Å². The Bertz CT molecular complexity index is 317. The molecule has 162 valence electrons. The maximum Gasteiger partial charge on any atom is 0.303 e. The summed E-state index contributed by atoms with van der Waals surface area (Å²) in [5.74, 6) is -4.31. The zero-order valence-corrected chi connectivity index (χ0v) is 16.4. The molecule has 9 heteroatoms. The first-order valence-electron chi connectivity index (χ1n) is 9.04. The van der Waals surface area contributed by atoms with Crippen molar-refractivity contribution in [3.05, 3.63) is 0 Å². The molecule has 0 aliphatic rings. The highest BCUT2D eigenvalue weighted by Gasteiger charge is 2.01. The molecule has 9 nitrogen and oxygen atoms in total. The molecule has 0 bridgehead atoms. The summed E-state index contributed by atoms with van der Waals surface area (Å²) in [5.41, 5.74) is 0. The summed E-state index contributed by atoms with van der Waals surface area (Å²) in [6, 6.07) is 0. The number of hydrogen-bond acceptors (Lipinski definition) is 4. The predicted molar refractivity (Wildman–Crippen MR) is 101 cm³/mol. The van der Waals surface area contributed by atoms with Gasteiger partial charge in [0.15, 0.2) is 0 Å². The van der Waals surface area contributed by atoms with E-state index in [0.29, 0.717) is 0 Å². The van der Waals surface area contributed by atoms with Gasteiger partial charge in [0.2, 0.25) is 0 Å². The van der Waals surface area contributed by atoms with Crippen LogP contribution in [-0.4, -0.2) is 49.8 Å². The number of carboxylic acid groups (broad SMARTS) is 4. The summed E-state index contributed by atoms with van der Waals surface area (Å²) in [5, 5.41) is 31.6. The van der Waals surface area contributed by atoms with Gasteiger partial charge in [-0.25, -0.2) is 0 Å². The Morgan fingerprint density at radius 3 is 0.815 bits per heavy atom. The van der Waals surface area contributed by atoms with Gasteiger partial charge in [0, 0.05) is 0 Å². The van der Waals surface area contributed by atoms with Crippen molar-refractivity contribution >= 4 is 23.9 Å². The molecule has 0 heterocycles. The Kier molecular flexibility index (Phi) is 31.4. The van der Waals surface area contributed by atoms with Crippen molar-refractivity contribution in [3.63, 3.8) is 0 Å². The fourth-order valence-corrected chi connectivity index (χ4v) is 1.63. The number of hydrogen-bond donors (Lipinski definition) is 4. The number of rotatable bonds is 13. The van der Waals surface area contributed by atoms with Gasteiger partial charge in [-0.15, -0.1) is 0 Å². The Morgan fingerprint density at radius 1 is 0.481 bits per heavy atom. The quantitative estimate of drug-likeness (QED) is 0.342. The zero-order chi connectivity index (χ0) is 20.8. The zero-order valence-electron chi connectivity index (χ0n) is 16.4. The maximum atomic E-state index is 9.64. The van der Waals surface area contributed by atoms with Crippen LogP contribution in [0.5, 0.6) is 0 Å². The molecule has 0 saturated heterocycles. The lowest BCUT2D eigenvalue weighted by molar-refractivity contribution is -0.143. The van der Waals surface area contributed by atoms with Crippen LogP contribution in [0.2, 0.25) is 0 Å². The smallest absolute Gasteiger partial charge is 0.303 e. The minimum Gasteiger partial charge on any atom is -0.481 e. The fraction of sp³-hybridized carbons (Fsp3) is 0.778. The second-order valence-electron chi connectivity index (χ2n) is 5.70. The Labute approximate surface area is 160 Å². The third-order valence-electron chi connectivity index (χ3n) is 3.06. The summed E-state index contributed by atoms with van der Waals surface area (Å²) < 4.78 is 0. The Morgan fingerprint density at radius 2 is 0.667 bits per heavy atom. The average molecular weight is 396 g/mol. The third-order valence-corrected chi connectivity index (χ3v) is 3.06. The summed E-state index contributed by atoms with van der Waals surface area (Å²) in [4.78, 5) is 38.6. The van der Waals surface area contributed by atoms with Gasteiger partial charge in [-0.05, 0) is 0 Å². The number of carboxylic acids is 4. The monoisotopic (exact) mass is 396 g/mol. The summed E-state index contributed by atoms with van der Waals surface area (Å²) in [6.45, 7) is 4.54. The fourth-order valence-electron chi connectivity index (χ4n) is 1.63. The molecule has 0 aliphatic heterocycles. The van der Waals surface area contributed by atoms with Gasteiger partial charge in [-0.3, -0.25) is 19.2 Å². The van der Waals surface area contributed by atoms with E-state index in [1.54, 1.807) is 0 Å². The minimum absolute atomic E-state index is 0. The Balaban J connectivity index is -0.000000146. The lowest BCUT2D eigenvalue weighted by Gasteiger charge is -1.97. The van der Waals surface area contributed by atoms with E-state index in [0.717, 1.165) is 0 Å². The molecular weight excluding hydrogens is 360 g/mol. The number of carbonyl (C=O) groups is 4. The van der Waals surface area contributed by atoms with Crippen LogP contribution < -0.4 is 0 Å². The SMILES string of the molecule is CCCCCCCCCC.O.O=C(O)CCC(=O)O.O=C(O)CCC(=O)O. The van der Waals surface area contributed by atoms with Gasteiger partial charge >= 0.3 is 23.9 Å². The van der Waals surface area contributed by atoms with Gasteiger partial charge in [0.05, 0.1) is 25.7 Å². The molecule has 0 fully saturated rings. The van der Waals surface area contributed by atoms with Crippen LogP contribution in [0.1, 0.15) is 90.9 Å². The molecule has 6 N–H and O–H groups in total. The second kappa shape index (κ2) is 26.1. The van der Waals surface area contributed by atoms with Gasteiger partial charge in [-0.1, -0.05) is 65.2 Å². The van der Waals surface area contributed by atoms with Gasteiger partial charge in [0.1, 0.15) is 0 Å². The lowest BCUT2D eigenvalue weighted by Crippen LogP contribution is -2.00. The van der Waals surface area contributed by atoms with E-state index in [4.69, 9.17) is 20.4 Å². The molecule has 0 amide bonds. The van der Waals surface area contributed by atoms with Crippen LogP contribution >= 0.6 is 0 Å². The normalized spacial score (nSPS) is 8.81. The topological polar surface area (TPSA) is 181 Å². The summed E-state index contributed by atoms with van der Waals surface area (Å²) in [7, 11) is 0. The van der Waals surface area contributed by atoms with E-state index >= 15 is 0 Å². The van der Waals surface area contributed by atoms with Crippen LogP contribution in [0.15, 0.2) is 0 Å². The second-order valence-corrected chi connectivity index (χ2v) is 5.70. The predicted octanol–water partition coefficient (Wildman–Crippen LogP) is 3.19. The van der Waals surface area contributed by atoms with E-state index in [1.807, 2.05) is 0 Å². The molecule has 0 aromatic carbocycles. The first-order chi connectivity index (χ1) is 12.2. The van der Waals surface area contributed by atoms with Crippen molar-refractivity contribution in [1.29, 1.82) is 0 Å². The molecule has 0 aromatic heterocycles. The van der Waals surface area contributed by atoms with Crippen LogP contribution in [-0.2, 0) is 19.2 Å². The molecule has 0 rings (SSSR count).